The number of likely N-dealkylation sites (N-methyl/N-ethyl adjacent to an activating group) is 1. The number of rotatable bonds is 4. The maximum atomic E-state index is 12.2. The molecule has 0 aromatic heterocycles. The van der Waals surface area contributed by atoms with E-state index in [1.807, 2.05) is 7.05 Å². The fourth-order valence-electron chi connectivity index (χ4n) is 2.48. The molecule has 1 amide bonds. The molecule has 1 aliphatic carbocycles. The molecule has 102 valence electrons. The van der Waals surface area contributed by atoms with E-state index in [0.29, 0.717) is 19.7 Å². The number of carbonyl (C=O) groups excluding carboxylic acids is 1. The van der Waals surface area contributed by atoms with Crippen molar-refractivity contribution in [2.45, 2.75) is 25.4 Å². The van der Waals surface area contributed by atoms with Crippen LogP contribution >= 0.6 is 0 Å². The highest BCUT2D eigenvalue weighted by atomic mass is 16.5. The van der Waals surface area contributed by atoms with Gasteiger partial charge < -0.3 is 15.4 Å². The van der Waals surface area contributed by atoms with Crippen LogP contribution in [0.4, 0.5) is 0 Å². The average molecular weight is 253 g/mol. The summed E-state index contributed by atoms with van der Waals surface area (Å²) in [5.41, 5.74) is 6.77. The van der Waals surface area contributed by atoms with E-state index in [1.54, 1.807) is 4.90 Å². The van der Waals surface area contributed by atoms with E-state index in [9.17, 15) is 4.79 Å². The van der Waals surface area contributed by atoms with Crippen LogP contribution in [0, 0.1) is 0 Å². The topological polar surface area (TPSA) is 58.8 Å². The van der Waals surface area contributed by atoms with Gasteiger partial charge in [0.15, 0.2) is 0 Å². The third-order valence-electron chi connectivity index (χ3n) is 3.67. The van der Waals surface area contributed by atoms with Gasteiger partial charge in [0.05, 0.1) is 19.3 Å². The molecule has 1 aliphatic heterocycles. The Labute approximate surface area is 109 Å². The van der Waals surface area contributed by atoms with Crippen molar-refractivity contribution >= 4 is 5.91 Å². The van der Waals surface area contributed by atoms with Gasteiger partial charge in [0, 0.05) is 32.4 Å². The van der Waals surface area contributed by atoms with Crippen molar-refractivity contribution in [3.63, 3.8) is 0 Å². The number of morpholine rings is 1. The van der Waals surface area contributed by atoms with E-state index < -0.39 is 0 Å². The van der Waals surface area contributed by atoms with Gasteiger partial charge in [-0.05, 0) is 19.3 Å². The quantitative estimate of drug-likeness (QED) is 0.776. The van der Waals surface area contributed by atoms with Gasteiger partial charge >= 0.3 is 0 Å². The molecule has 2 N–H and O–H groups in total. The monoisotopic (exact) mass is 253 g/mol. The molecule has 1 fully saturated rings. The molecule has 5 heteroatoms. The number of hydrogen-bond acceptors (Lipinski definition) is 4. The molecule has 0 saturated carbocycles. The van der Waals surface area contributed by atoms with Crippen LogP contribution in [0.1, 0.15) is 19.3 Å². The normalized spacial score (nSPS) is 25.0. The summed E-state index contributed by atoms with van der Waals surface area (Å²) in [4.78, 5) is 16.1. The number of ether oxygens (including phenoxy) is 1. The summed E-state index contributed by atoms with van der Waals surface area (Å²) in [6, 6.07) is 0. The molecule has 0 aromatic carbocycles. The number of nitrogens with two attached hydrogens (primary N) is 1. The highest BCUT2D eigenvalue weighted by Gasteiger charge is 2.23. The van der Waals surface area contributed by atoms with Crippen LogP contribution in [0.2, 0.25) is 0 Å². The molecule has 1 atom stereocenters. The van der Waals surface area contributed by atoms with Gasteiger partial charge in [0.1, 0.15) is 0 Å². The van der Waals surface area contributed by atoms with Crippen LogP contribution in [0.3, 0.4) is 0 Å². The summed E-state index contributed by atoms with van der Waals surface area (Å²) in [6.07, 6.45) is 5.53. The van der Waals surface area contributed by atoms with Crippen LogP contribution in [0.15, 0.2) is 11.8 Å². The number of hydrogen-bond donors (Lipinski definition) is 1. The lowest BCUT2D eigenvalue weighted by atomic mass is 10.2. The SMILES string of the molecule is CN(C(=O)CN1CCOC(CN)C1)C1=CCCC1. The number of nitrogens with zero attached hydrogens (tertiary/aromatic N) is 2. The molecular formula is C13H23N3O2. The van der Waals surface area contributed by atoms with Gasteiger partial charge in [0.25, 0.3) is 0 Å². The second-order valence-corrected chi connectivity index (χ2v) is 5.00. The van der Waals surface area contributed by atoms with Gasteiger partial charge in [-0.2, -0.15) is 0 Å². The lowest BCUT2D eigenvalue weighted by Crippen LogP contribution is -2.49. The molecular weight excluding hydrogens is 230 g/mol. The molecule has 0 radical (unpaired) electrons. The lowest BCUT2D eigenvalue weighted by Gasteiger charge is -2.33. The first kappa shape index (κ1) is 13.5. The number of allylic oxidation sites excluding steroid dienone is 2. The summed E-state index contributed by atoms with van der Waals surface area (Å²) in [5.74, 6) is 0.167. The van der Waals surface area contributed by atoms with Crippen molar-refractivity contribution in [3.8, 4) is 0 Å². The molecule has 0 bridgehead atoms. The Morgan fingerprint density at radius 1 is 1.67 bits per heavy atom. The highest BCUT2D eigenvalue weighted by Crippen LogP contribution is 2.20. The Kier molecular flexibility index (Phi) is 4.74. The number of carbonyl (C=O) groups is 1. The van der Waals surface area contributed by atoms with Gasteiger partial charge in [-0.15, -0.1) is 0 Å². The van der Waals surface area contributed by atoms with E-state index in [1.165, 1.54) is 12.1 Å². The van der Waals surface area contributed by atoms with E-state index in [4.69, 9.17) is 10.5 Å². The second kappa shape index (κ2) is 6.31. The standard InChI is InChI=1S/C13H23N3O2/c1-15(11-4-2-3-5-11)13(17)10-16-6-7-18-12(8-14)9-16/h4,12H,2-3,5-10,14H2,1H3. The van der Waals surface area contributed by atoms with E-state index in [-0.39, 0.29) is 12.0 Å². The summed E-state index contributed by atoms with van der Waals surface area (Å²) in [5, 5.41) is 0. The first-order chi connectivity index (χ1) is 8.70. The fraction of sp³-hybridized carbons (Fsp3) is 0.769. The van der Waals surface area contributed by atoms with Gasteiger partial charge in [0.2, 0.25) is 5.91 Å². The minimum atomic E-state index is 0.0718. The van der Waals surface area contributed by atoms with Crippen LogP contribution < -0.4 is 5.73 Å². The van der Waals surface area contributed by atoms with Crippen molar-refractivity contribution in [3.05, 3.63) is 11.8 Å². The van der Waals surface area contributed by atoms with E-state index >= 15 is 0 Å². The zero-order valence-electron chi connectivity index (χ0n) is 11.1. The lowest BCUT2D eigenvalue weighted by molar-refractivity contribution is -0.131. The number of amides is 1. The summed E-state index contributed by atoms with van der Waals surface area (Å²) < 4.78 is 5.50. The summed E-state index contributed by atoms with van der Waals surface area (Å²) >= 11 is 0. The minimum absolute atomic E-state index is 0.0718. The zero-order chi connectivity index (χ0) is 13.0. The Hall–Kier alpha value is -0.910. The van der Waals surface area contributed by atoms with Crippen molar-refractivity contribution in [1.29, 1.82) is 0 Å². The molecule has 2 aliphatic rings. The Morgan fingerprint density at radius 3 is 3.17 bits per heavy atom. The minimum Gasteiger partial charge on any atom is -0.374 e. The Bertz CT molecular complexity index is 330. The maximum Gasteiger partial charge on any atom is 0.240 e. The van der Waals surface area contributed by atoms with Gasteiger partial charge in [-0.25, -0.2) is 0 Å². The largest absolute Gasteiger partial charge is 0.374 e. The second-order valence-electron chi connectivity index (χ2n) is 5.00. The first-order valence-electron chi connectivity index (χ1n) is 6.70. The molecule has 0 aromatic rings. The molecule has 18 heavy (non-hydrogen) atoms. The highest BCUT2D eigenvalue weighted by molar-refractivity contribution is 5.79. The molecule has 0 spiro atoms. The predicted molar refractivity (Wildman–Crippen MR) is 69.9 cm³/mol. The fourth-order valence-corrected chi connectivity index (χ4v) is 2.48. The van der Waals surface area contributed by atoms with Crippen LogP contribution in [0.25, 0.3) is 0 Å². The van der Waals surface area contributed by atoms with Crippen molar-refractivity contribution < 1.29 is 9.53 Å². The van der Waals surface area contributed by atoms with Crippen molar-refractivity contribution in [2.75, 3.05) is 39.8 Å². The smallest absolute Gasteiger partial charge is 0.240 e. The first-order valence-corrected chi connectivity index (χ1v) is 6.70. The average Bonchev–Trinajstić information content (AvgIpc) is 2.92. The molecule has 2 rings (SSSR count). The van der Waals surface area contributed by atoms with Gasteiger partial charge in [-0.1, -0.05) is 6.08 Å². The predicted octanol–water partition coefficient (Wildman–Crippen LogP) is 0.172. The summed E-state index contributed by atoms with van der Waals surface area (Å²) in [6.45, 7) is 3.23. The van der Waals surface area contributed by atoms with Crippen LogP contribution in [-0.4, -0.2) is 61.6 Å². The molecule has 1 saturated heterocycles. The zero-order valence-corrected chi connectivity index (χ0v) is 11.1. The van der Waals surface area contributed by atoms with Crippen molar-refractivity contribution in [1.82, 2.24) is 9.80 Å². The summed E-state index contributed by atoms with van der Waals surface area (Å²) in [7, 11) is 1.88. The molecule has 5 nitrogen and oxygen atoms in total. The third-order valence-corrected chi connectivity index (χ3v) is 3.67. The molecule has 1 unspecified atom stereocenters. The van der Waals surface area contributed by atoms with Gasteiger partial charge in [-0.3, -0.25) is 9.69 Å². The molecule has 1 heterocycles. The van der Waals surface area contributed by atoms with Crippen LogP contribution in [-0.2, 0) is 9.53 Å². The van der Waals surface area contributed by atoms with Crippen LogP contribution in [0.5, 0.6) is 0 Å². The maximum absolute atomic E-state index is 12.2. The Morgan fingerprint density at radius 2 is 2.50 bits per heavy atom. The Balaban J connectivity index is 1.83. The third kappa shape index (κ3) is 3.31. The van der Waals surface area contributed by atoms with Crippen molar-refractivity contribution in [2.24, 2.45) is 5.73 Å². The van der Waals surface area contributed by atoms with E-state index in [2.05, 4.69) is 11.0 Å². The van der Waals surface area contributed by atoms with E-state index in [0.717, 1.165) is 25.9 Å².